The highest BCUT2D eigenvalue weighted by Crippen LogP contribution is 2.19. The van der Waals surface area contributed by atoms with Gasteiger partial charge in [-0.05, 0) is 61.6 Å². The van der Waals surface area contributed by atoms with Gasteiger partial charge >= 0.3 is 5.97 Å². The number of thiocarbonyl (C=S) groups is 1. The van der Waals surface area contributed by atoms with Crippen LogP contribution in [0, 0.1) is 5.82 Å². The number of hydrogen-bond acceptors (Lipinski definition) is 3. The second-order valence-electron chi connectivity index (χ2n) is 4.51. The van der Waals surface area contributed by atoms with Crippen LogP contribution < -0.4 is 10.6 Å². The second kappa shape index (κ2) is 7.89. The highest BCUT2D eigenvalue weighted by Gasteiger charge is 2.07. The van der Waals surface area contributed by atoms with E-state index < -0.39 is 5.82 Å². The Labute approximate surface area is 143 Å². The van der Waals surface area contributed by atoms with E-state index in [1.165, 1.54) is 18.2 Å². The van der Waals surface area contributed by atoms with Crippen molar-refractivity contribution in [2.45, 2.75) is 6.92 Å². The zero-order valence-electron chi connectivity index (χ0n) is 12.2. The molecule has 2 N–H and O–H groups in total. The van der Waals surface area contributed by atoms with Gasteiger partial charge in [0.2, 0.25) is 0 Å². The quantitative estimate of drug-likeness (QED) is 0.628. The van der Waals surface area contributed by atoms with Crippen molar-refractivity contribution in [3.8, 4) is 0 Å². The first-order valence-corrected chi connectivity index (χ1v) is 7.58. The number of nitrogens with one attached hydrogen (secondary N) is 2. The summed E-state index contributed by atoms with van der Waals surface area (Å²) >= 11 is 10.9. The lowest BCUT2D eigenvalue weighted by Gasteiger charge is -2.11. The van der Waals surface area contributed by atoms with E-state index in [1.807, 2.05) is 0 Å². The van der Waals surface area contributed by atoms with Gasteiger partial charge < -0.3 is 15.4 Å². The number of hydrogen-bond donors (Lipinski definition) is 2. The maximum atomic E-state index is 13.1. The minimum absolute atomic E-state index is 0.0107. The average Bonchev–Trinajstić information content (AvgIpc) is 2.52. The fourth-order valence-corrected chi connectivity index (χ4v) is 2.19. The Morgan fingerprint density at radius 3 is 2.39 bits per heavy atom. The van der Waals surface area contributed by atoms with E-state index >= 15 is 0 Å². The number of ether oxygens (including phenoxy) is 1. The molecule has 0 spiro atoms. The smallest absolute Gasteiger partial charge is 0.338 e. The Morgan fingerprint density at radius 2 is 1.78 bits per heavy atom. The largest absolute Gasteiger partial charge is 0.462 e. The summed E-state index contributed by atoms with van der Waals surface area (Å²) < 4.78 is 18.0. The van der Waals surface area contributed by atoms with Crippen LogP contribution in [0.5, 0.6) is 0 Å². The van der Waals surface area contributed by atoms with Crippen molar-refractivity contribution >= 4 is 46.3 Å². The summed E-state index contributed by atoms with van der Waals surface area (Å²) in [6.45, 7) is 2.08. The molecule has 0 saturated carbocycles. The Balaban J connectivity index is 1.97. The van der Waals surface area contributed by atoms with Crippen molar-refractivity contribution in [1.29, 1.82) is 0 Å². The normalized spacial score (nSPS) is 10.0. The van der Waals surface area contributed by atoms with Crippen LogP contribution in [0.25, 0.3) is 0 Å². The van der Waals surface area contributed by atoms with Crippen LogP contribution in [0.1, 0.15) is 17.3 Å². The molecule has 0 aliphatic rings. The summed E-state index contributed by atoms with van der Waals surface area (Å²) in [5.41, 5.74) is 1.72. The number of carbonyl (C=O) groups is 1. The standard InChI is InChI=1S/C16H14ClFN2O2S/c1-2-22-15(21)10-3-5-11(6-4-10)19-16(23)20-12-7-8-14(18)13(17)9-12/h3-9H,2H2,1H3,(H2,19,20,23). The van der Waals surface area contributed by atoms with Crippen molar-refractivity contribution in [3.05, 3.63) is 58.9 Å². The number of benzene rings is 2. The average molecular weight is 353 g/mol. The molecule has 7 heteroatoms. The van der Waals surface area contributed by atoms with Crippen LogP contribution in [-0.2, 0) is 4.74 Å². The third-order valence-electron chi connectivity index (χ3n) is 2.83. The molecule has 0 amide bonds. The molecule has 0 atom stereocenters. The van der Waals surface area contributed by atoms with Gasteiger partial charge in [-0.25, -0.2) is 9.18 Å². The maximum absolute atomic E-state index is 13.1. The topological polar surface area (TPSA) is 50.4 Å². The lowest BCUT2D eigenvalue weighted by Crippen LogP contribution is -2.19. The first kappa shape index (κ1) is 17.2. The Kier molecular flexibility index (Phi) is 5.90. The first-order chi connectivity index (χ1) is 11.0. The molecule has 0 radical (unpaired) electrons. The van der Waals surface area contributed by atoms with Crippen molar-refractivity contribution < 1.29 is 13.9 Å². The van der Waals surface area contributed by atoms with E-state index in [1.54, 1.807) is 31.2 Å². The van der Waals surface area contributed by atoms with E-state index in [0.717, 1.165) is 0 Å². The van der Waals surface area contributed by atoms with Crippen molar-refractivity contribution in [2.75, 3.05) is 17.2 Å². The summed E-state index contributed by atoms with van der Waals surface area (Å²) in [6, 6.07) is 10.9. The Bertz CT molecular complexity index is 723. The van der Waals surface area contributed by atoms with Gasteiger partial charge in [-0.15, -0.1) is 0 Å². The first-order valence-electron chi connectivity index (χ1n) is 6.80. The molecule has 0 aromatic heterocycles. The second-order valence-corrected chi connectivity index (χ2v) is 5.32. The van der Waals surface area contributed by atoms with Crippen LogP contribution in [0.2, 0.25) is 5.02 Å². The Hall–Kier alpha value is -2.18. The molecule has 0 unspecified atom stereocenters. The van der Waals surface area contributed by atoms with Crippen LogP contribution >= 0.6 is 23.8 Å². The van der Waals surface area contributed by atoms with Crippen LogP contribution in [0.3, 0.4) is 0 Å². The van der Waals surface area contributed by atoms with E-state index in [9.17, 15) is 9.18 Å². The molecule has 120 valence electrons. The number of esters is 1. The monoisotopic (exact) mass is 352 g/mol. The highest BCUT2D eigenvalue weighted by atomic mass is 35.5. The molecule has 0 fully saturated rings. The van der Waals surface area contributed by atoms with Gasteiger partial charge in [0.05, 0.1) is 17.2 Å². The van der Waals surface area contributed by atoms with Gasteiger partial charge in [-0.3, -0.25) is 0 Å². The molecule has 0 aliphatic heterocycles. The number of rotatable bonds is 4. The van der Waals surface area contributed by atoms with Crippen molar-refractivity contribution in [2.24, 2.45) is 0 Å². The molecule has 2 rings (SSSR count). The predicted octanol–water partition coefficient (Wildman–Crippen LogP) is 4.46. The van der Waals surface area contributed by atoms with Crippen LogP contribution in [0.15, 0.2) is 42.5 Å². The lowest BCUT2D eigenvalue weighted by atomic mass is 10.2. The van der Waals surface area contributed by atoms with Crippen LogP contribution in [0.4, 0.5) is 15.8 Å². The van der Waals surface area contributed by atoms with E-state index in [4.69, 9.17) is 28.6 Å². The molecular formula is C16H14ClFN2O2S. The fraction of sp³-hybridized carbons (Fsp3) is 0.125. The summed E-state index contributed by atoms with van der Waals surface area (Å²) in [4.78, 5) is 11.6. The van der Waals surface area contributed by atoms with Gasteiger partial charge in [0.25, 0.3) is 0 Å². The number of halogens is 2. The Morgan fingerprint density at radius 1 is 1.17 bits per heavy atom. The molecule has 0 heterocycles. The van der Waals surface area contributed by atoms with Crippen LogP contribution in [-0.4, -0.2) is 17.7 Å². The molecular weight excluding hydrogens is 339 g/mol. The van der Waals surface area contributed by atoms with Gasteiger partial charge in [0.1, 0.15) is 5.82 Å². The summed E-state index contributed by atoms with van der Waals surface area (Å²) in [5.74, 6) is -0.869. The third kappa shape index (κ3) is 4.91. The predicted molar refractivity (Wildman–Crippen MR) is 93.7 cm³/mol. The third-order valence-corrected chi connectivity index (χ3v) is 3.33. The summed E-state index contributed by atoms with van der Waals surface area (Å²) in [7, 11) is 0. The fourth-order valence-electron chi connectivity index (χ4n) is 1.77. The molecule has 0 saturated heterocycles. The highest BCUT2D eigenvalue weighted by molar-refractivity contribution is 7.80. The minimum atomic E-state index is -0.495. The number of carbonyl (C=O) groups excluding carboxylic acids is 1. The molecule has 0 aliphatic carbocycles. The number of anilines is 2. The van der Waals surface area contributed by atoms with E-state index in [0.29, 0.717) is 28.7 Å². The van der Waals surface area contributed by atoms with Crippen molar-refractivity contribution in [3.63, 3.8) is 0 Å². The molecule has 4 nitrogen and oxygen atoms in total. The molecule has 2 aromatic carbocycles. The van der Waals surface area contributed by atoms with E-state index in [2.05, 4.69) is 10.6 Å². The lowest BCUT2D eigenvalue weighted by molar-refractivity contribution is 0.0526. The maximum Gasteiger partial charge on any atom is 0.338 e. The minimum Gasteiger partial charge on any atom is -0.462 e. The van der Waals surface area contributed by atoms with Crippen molar-refractivity contribution in [1.82, 2.24) is 0 Å². The summed E-state index contributed by atoms with van der Waals surface area (Å²) in [6.07, 6.45) is 0. The van der Waals surface area contributed by atoms with Gasteiger partial charge in [-0.1, -0.05) is 11.6 Å². The van der Waals surface area contributed by atoms with E-state index in [-0.39, 0.29) is 11.0 Å². The summed E-state index contributed by atoms with van der Waals surface area (Å²) in [5, 5.41) is 6.17. The molecule has 2 aromatic rings. The van der Waals surface area contributed by atoms with Gasteiger partial charge in [0.15, 0.2) is 5.11 Å². The molecule has 23 heavy (non-hydrogen) atoms. The molecule has 0 bridgehead atoms. The zero-order chi connectivity index (χ0) is 16.8. The zero-order valence-corrected chi connectivity index (χ0v) is 13.8. The van der Waals surface area contributed by atoms with Gasteiger partial charge in [-0.2, -0.15) is 0 Å². The SMILES string of the molecule is CCOC(=O)c1ccc(NC(=S)Nc2ccc(F)c(Cl)c2)cc1. The van der Waals surface area contributed by atoms with Gasteiger partial charge in [0, 0.05) is 11.4 Å².